The van der Waals surface area contributed by atoms with E-state index in [1.807, 2.05) is 6.07 Å². The maximum absolute atomic E-state index is 11.2. The van der Waals surface area contributed by atoms with Gasteiger partial charge in [-0.05, 0) is 19.0 Å². The van der Waals surface area contributed by atoms with Crippen LogP contribution in [0.25, 0.3) is 0 Å². The third-order valence-electron chi connectivity index (χ3n) is 1.76. The maximum Gasteiger partial charge on any atom is 0.251 e. The lowest BCUT2D eigenvalue weighted by molar-refractivity contribution is 0.293. The van der Waals surface area contributed by atoms with Crippen molar-refractivity contribution in [1.82, 2.24) is 10.3 Å². The van der Waals surface area contributed by atoms with E-state index in [1.165, 1.54) is 0 Å². The molecule has 1 aromatic heterocycles. The predicted octanol–water partition coefficient (Wildman–Crippen LogP) is -0.501. The molecule has 0 spiro atoms. The van der Waals surface area contributed by atoms with Gasteiger partial charge in [-0.3, -0.25) is 4.79 Å². The minimum absolute atomic E-state index is 0.0340. The van der Waals surface area contributed by atoms with E-state index >= 15 is 0 Å². The maximum atomic E-state index is 11.2. The number of hydrogen-bond acceptors (Lipinski definition) is 3. The highest BCUT2D eigenvalue weighted by Gasteiger charge is 1.96. The average Bonchev–Trinajstić information content (AvgIpc) is 2.15. The van der Waals surface area contributed by atoms with Crippen molar-refractivity contribution in [3.8, 4) is 0 Å². The standard InChI is InChI=1S/C9H14N2O2/c12-7-6-10-5-3-8-2-1-4-11-9(8)13/h1-2,4,10,12H,3,5-7H2,(H,11,13). The molecule has 72 valence electrons. The number of aromatic amines is 1. The summed E-state index contributed by atoms with van der Waals surface area (Å²) in [4.78, 5) is 13.8. The number of hydrogen-bond donors (Lipinski definition) is 3. The van der Waals surface area contributed by atoms with Gasteiger partial charge in [0.05, 0.1) is 6.61 Å². The van der Waals surface area contributed by atoms with Gasteiger partial charge in [-0.1, -0.05) is 6.07 Å². The molecule has 0 atom stereocenters. The highest BCUT2D eigenvalue weighted by molar-refractivity contribution is 5.09. The lowest BCUT2D eigenvalue weighted by Gasteiger charge is -2.01. The monoisotopic (exact) mass is 182 g/mol. The lowest BCUT2D eigenvalue weighted by Crippen LogP contribution is -2.23. The second-order valence-electron chi connectivity index (χ2n) is 2.75. The van der Waals surface area contributed by atoms with Crippen molar-refractivity contribution in [1.29, 1.82) is 0 Å². The van der Waals surface area contributed by atoms with Crippen LogP contribution in [-0.2, 0) is 6.42 Å². The Morgan fingerprint density at radius 2 is 2.31 bits per heavy atom. The van der Waals surface area contributed by atoms with Crippen molar-refractivity contribution >= 4 is 0 Å². The van der Waals surface area contributed by atoms with Crippen molar-refractivity contribution < 1.29 is 5.11 Å². The third-order valence-corrected chi connectivity index (χ3v) is 1.76. The molecule has 0 aliphatic carbocycles. The van der Waals surface area contributed by atoms with Crippen LogP contribution in [0, 0.1) is 0 Å². The largest absolute Gasteiger partial charge is 0.395 e. The van der Waals surface area contributed by atoms with E-state index in [2.05, 4.69) is 10.3 Å². The van der Waals surface area contributed by atoms with Crippen molar-refractivity contribution in [3.05, 3.63) is 34.2 Å². The molecule has 0 aromatic carbocycles. The zero-order chi connectivity index (χ0) is 9.52. The highest BCUT2D eigenvalue weighted by atomic mass is 16.3. The lowest BCUT2D eigenvalue weighted by atomic mass is 10.2. The Labute approximate surface area is 76.6 Å². The molecule has 1 rings (SSSR count). The number of H-pyrrole nitrogens is 1. The van der Waals surface area contributed by atoms with Gasteiger partial charge in [0, 0.05) is 18.3 Å². The second-order valence-corrected chi connectivity index (χ2v) is 2.75. The number of rotatable bonds is 5. The molecule has 1 aromatic rings. The summed E-state index contributed by atoms with van der Waals surface area (Å²) in [6, 6.07) is 3.61. The molecular weight excluding hydrogens is 168 g/mol. The fraction of sp³-hybridized carbons (Fsp3) is 0.444. The van der Waals surface area contributed by atoms with Gasteiger partial charge in [0.1, 0.15) is 0 Å². The first-order chi connectivity index (χ1) is 6.34. The van der Waals surface area contributed by atoms with Crippen LogP contribution in [0.2, 0.25) is 0 Å². The Morgan fingerprint density at radius 1 is 1.46 bits per heavy atom. The molecule has 3 N–H and O–H groups in total. The van der Waals surface area contributed by atoms with Crippen molar-refractivity contribution in [3.63, 3.8) is 0 Å². The summed E-state index contributed by atoms with van der Waals surface area (Å²) in [5.74, 6) is 0. The zero-order valence-corrected chi connectivity index (χ0v) is 7.42. The van der Waals surface area contributed by atoms with Crippen LogP contribution in [0.1, 0.15) is 5.56 Å². The number of aliphatic hydroxyl groups excluding tert-OH is 1. The minimum Gasteiger partial charge on any atom is -0.395 e. The van der Waals surface area contributed by atoms with E-state index in [4.69, 9.17) is 5.11 Å². The van der Waals surface area contributed by atoms with Crippen LogP contribution in [0.5, 0.6) is 0 Å². The van der Waals surface area contributed by atoms with Gasteiger partial charge in [-0.15, -0.1) is 0 Å². The molecule has 4 heteroatoms. The SMILES string of the molecule is O=c1[nH]cccc1CCNCCO. The van der Waals surface area contributed by atoms with Gasteiger partial charge in [0.15, 0.2) is 0 Å². The van der Waals surface area contributed by atoms with Crippen LogP contribution >= 0.6 is 0 Å². The van der Waals surface area contributed by atoms with Gasteiger partial charge >= 0.3 is 0 Å². The van der Waals surface area contributed by atoms with E-state index in [0.29, 0.717) is 19.5 Å². The summed E-state index contributed by atoms with van der Waals surface area (Å²) in [5.41, 5.74) is 0.737. The van der Waals surface area contributed by atoms with Crippen molar-refractivity contribution in [2.24, 2.45) is 0 Å². The zero-order valence-electron chi connectivity index (χ0n) is 7.42. The van der Waals surface area contributed by atoms with Crippen molar-refractivity contribution in [2.75, 3.05) is 19.7 Å². The summed E-state index contributed by atoms with van der Waals surface area (Å²) >= 11 is 0. The molecule has 0 aliphatic rings. The van der Waals surface area contributed by atoms with Gasteiger partial charge in [0.25, 0.3) is 5.56 Å². The summed E-state index contributed by atoms with van der Waals surface area (Å²) in [6.07, 6.45) is 2.31. The normalized spacial score (nSPS) is 10.2. The Hall–Kier alpha value is -1.13. The molecule has 0 saturated carbocycles. The topological polar surface area (TPSA) is 65.1 Å². The molecule has 0 fully saturated rings. The number of pyridine rings is 1. The average molecular weight is 182 g/mol. The highest BCUT2D eigenvalue weighted by Crippen LogP contribution is 1.88. The minimum atomic E-state index is -0.0340. The van der Waals surface area contributed by atoms with Crippen LogP contribution in [0.3, 0.4) is 0 Å². The summed E-state index contributed by atoms with van der Waals surface area (Å²) in [6.45, 7) is 1.42. The van der Waals surface area contributed by atoms with Gasteiger partial charge in [-0.2, -0.15) is 0 Å². The molecule has 0 radical (unpaired) electrons. The Kier molecular flexibility index (Phi) is 4.21. The van der Waals surface area contributed by atoms with E-state index in [0.717, 1.165) is 5.56 Å². The van der Waals surface area contributed by atoms with Gasteiger partial charge < -0.3 is 15.4 Å². The molecule has 0 unspecified atom stereocenters. The Bertz CT molecular complexity index is 296. The van der Waals surface area contributed by atoms with Crippen LogP contribution in [0.15, 0.2) is 23.1 Å². The molecule has 0 bridgehead atoms. The summed E-state index contributed by atoms with van der Waals surface area (Å²) in [5, 5.41) is 11.5. The first-order valence-electron chi connectivity index (χ1n) is 4.33. The molecule has 0 amide bonds. The summed E-state index contributed by atoms with van der Waals surface area (Å²) < 4.78 is 0. The fourth-order valence-corrected chi connectivity index (χ4v) is 1.08. The van der Waals surface area contributed by atoms with E-state index in [1.54, 1.807) is 12.3 Å². The third kappa shape index (κ3) is 3.40. The van der Waals surface area contributed by atoms with Crippen LogP contribution < -0.4 is 10.9 Å². The number of nitrogens with one attached hydrogen (secondary N) is 2. The fourth-order valence-electron chi connectivity index (χ4n) is 1.08. The number of aliphatic hydroxyl groups is 1. The Morgan fingerprint density at radius 3 is 3.00 bits per heavy atom. The van der Waals surface area contributed by atoms with E-state index in [9.17, 15) is 4.79 Å². The molecule has 0 saturated heterocycles. The molecule has 0 aliphatic heterocycles. The van der Waals surface area contributed by atoms with Crippen LogP contribution in [-0.4, -0.2) is 29.8 Å². The number of aromatic nitrogens is 1. The second kappa shape index (κ2) is 5.50. The summed E-state index contributed by atoms with van der Waals surface area (Å²) in [7, 11) is 0. The molecule has 13 heavy (non-hydrogen) atoms. The van der Waals surface area contributed by atoms with E-state index < -0.39 is 0 Å². The quantitative estimate of drug-likeness (QED) is 0.538. The first-order valence-corrected chi connectivity index (χ1v) is 4.33. The molecule has 1 heterocycles. The predicted molar refractivity (Wildman–Crippen MR) is 50.7 cm³/mol. The smallest absolute Gasteiger partial charge is 0.251 e. The van der Waals surface area contributed by atoms with Crippen molar-refractivity contribution in [2.45, 2.75) is 6.42 Å². The first kappa shape index (κ1) is 9.95. The molecule has 4 nitrogen and oxygen atoms in total. The van der Waals surface area contributed by atoms with E-state index in [-0.39, 0.29) is 12.2 Å². The van der Waals surface area contributed by atoms with Gasteiger partial charge in [-0.25, -0.2) is 0 Å². The van der Waals surface area contributed by atoms with Crippen LogP contribution in [0.4, 0.5) is 0 Å². The molecular formula is C9H14N2O2. The van der Waals surface area contributed by atoms with Gasteiger partial charge in [0.2, 0.25) is 0 Å². The Balaban J connectivity index is 2.37.